The summed E-state index contributed by atoms with van der Waals surface area (Å²) in [6, 6.07) is 5.22. The van der Waals surface area contributed by atoms with Crippen LogP contribution in [0.4, 0.5) is 4.39 Å². The van der Waals surface area contributed by atoms with Gasteiger partial charge in [0.05, 0.1) is 27.9 Å². The van der Waals surface area contributed by atoms with Gasteiger partial charge in [-0.05, 0) is 44.0 Å². The molecule has 7 heteroatoms. The Balaban J connectivity index is 2.14. The topological polar surface area (TPSA) is 17.8 Å². The summed E-state index contributed by atoms with van der Waals surface area (Å²) in [5.41, 5.74) is 1.50. The molecule has 0 aliphatic rings. The smallest absolute Gasteiger partial charge is 0.139 e. The molecule has 0 unspecified atom stereocenters. The third kappa shape index (κ3) is 2.66. The highest BCUT2D eigenvalue weighted by molar-refractivity contribution is 9.10. The maximum atomic E-state index is 13.8. The molecule has 0 bridgehead atoms. The maximum absolute atomic E-state index is 13.8. The quantitative estimate of drug-likeness (QED) is 0.491. The molecule has 0 atom stereocenters. The Kier molecular flexibility index (Phi) is 4.17. The molecule has 104 valence electrons. The lowest BCUT2D eigenvalue weighted by Crippen LogP contribution is -2.02. The summed E-state index contributed by atoms with van der Waals surface area (Å²) in [6.45, 7) is 0.635. The summed E-state index contributed by atoms with van der Waals surface area (Å²) in [4.78, 5) is 5.62. The van der Waals surface area contributed by atoms with Crippen molar-refractivity contribution in [3.63, 3.8) is 0 Å². The molecule has 2 nitrogen and oxygen atoms in total. The molecule has 0 fully saturated rings. The first-order chi connectivity index (χ1) is 9.58. The number of fused-ring (bicyclic) bond motifs is 1. The molecule has 2 heterocycles. The molecule has 0 aliphatic heterocycles. The largest absolute Gasteiger partial charge is 0.322 e. The van der Waals surface area contributed by atoms with E-state index in [9.17, 15) is 4.39 Å². The van der Waals surface area contributed by atoms with E-state index in [4.69, 9.17) is 11.6 Å². The summed E-state index contributed by atoms with van der Waals surface area (Å²) in [7, 11) is 0. The third-order valence-electron chi connectivity index (χ3n) is 2.92. The Hall–Kier alpha value is -0.430. The number of hydrogen-bond acceptors (Lipinski definition) is 2. The highest BCUT2D eigenvalue weighted by atomic mass is 79.9. The van der Waals surface area contributed by atoms with Gasteiger partial charge < -0.3 is 4.57 Å². The number of thiophene rings is 1. The van der Waals surface area contributed by atoms with Crippen molar-refractivity contribution >= 4 is 65.8 Å². The average Bonchev–Trinajstić information content (AvgIpc) is 2.96. The van der Waals surface area contributed by atoms with Crippen molar-refractivity contribution in [2.75, 3.05) is 0 Å². The lowest BCUT2D eigenvalue weighted by Gasteiger charge is -2.06. The highest BCUT2D eigenvalue weighted by Gasteiger charge is 2.14. The SMILES string of the molecule is Fc1cc2c(cc1Br)nc(CCl)n2Cc1cc(Br)cs1. The zero-order valence-corrected chi connectivity index (χ0v) is 14.8. The van der Waals surface area contributed by atoms with Crippen LogP contribution in [0.3, 0.4) is 0 Å². The third-order valence-corrected chi connectivity index (χ3v) is 5.45. The monoisotopic (exact) mass is 436 g/mol. The standard InChI is InChI=1S/C13H8Br2ClFN2S/c14-7-1-8(20-6-7)5-19-12-3-10(17)9(15)2-11(12)18-13(19)4-16/h1-3,6H,4-5H2. The number of halogens is 4. The predicted octanol–water partition coefficient (Wildman–Crippen LogP) is 5.55. The van der Waals surface area contributed by atoms with E-state index in [-0.39, 0.29) is 5.82 Å². The Morgan fingerprint density at radius 3 is 2.75 bits per heavy atom. The molecule has 0 spiro atoms. The molecule has 20 heavy (non-hydrogen) atoms. The number of hydrogen-bond donors (Lipinski definition) is 0. The molecule has 1 aromatic carbocycles. The van der Waals surface area contributed by atoms with Gasteiger partial charge in [-0.3, -0.25) is 0 Å². The second-order valence-electron chi connectivity index (χ2n) is 4.23. The van der Waals surface area contributed by atoms with Gasteiger partial charge in [-0.2, -0.15) is 0 Å². The van der Waals surface area contributed by atoms with Crippen LogP contribution in [-0.2, 0) is 12.4 Å². The summed E-state index contributed by atoms with van der Waals surface area (Å²) < 4.78 is 17.2. The number of imidazole rings is 1. The molecule has 0 radical (unpaired) electrons. The van der Waals surface area contributed by atoms with Gasteiger partial charge in [0.1, 0.15) is 11.6 Å². The van der Waals surface area contributed by atoms with Crippen LogP contribution in [0.2, 0.25) is 0 Å². The van der Waals surface area contributed by atoms with Gasteiger partial charge in [0, 0.05) is 20.8 Å². The van der Waals surface area contributed by atoms with E-state index in [0.29, 0.717) is 16.9 Å². The fourth-order valence-corrected chi connectivity index (χ4v) is 4.02. The van der Waals surface area contributed by atoms with Crippen molar-refractivity contribution < 1.29 is 4.39 Å². The maximum Gasteiger partial charge on any atom is 0.139 e. The first-order valence-electron chi connectivity index (χ1n) is 5.71. The number of nitrogens with zero attached hydrogens (tertiary/aromatic N) is 2. The second-order valence-corrected chi connectivity index (χ2v) is 7.27. The molecule has 3 rings (SSSR count). The van der Waals surface area contributed by atoms with E-state index < -0.39 is 0 Å². The van der Waals surface area contributed by atoms with Crippen LogP contribution in [0, 0.1) is 5.82 Å². The van der Waals surface area contributed by atoms with Crippen LogP contribution in [0.5, 0.6) is 0 Å². The van der Waals surface area contributed by atoms with Crippen molar-refractivity contribution in [1.29, 1.82) is 0 Å². The summed E-state index contributed by atoms with van der Waals surface area (Å²) in [5.74, 6) is 0.733. The van der Waals surface area contributed by atoms with Crippen LogP contribution >= 0.6 is 54.8 Å². The molecular weight excluding hydrogens is 430 g/mol. The summed E-state index contributed by atoms with van der Waals surface area (Å²) >= 11 is 14.2. The zero-order chi connectivity index (χ0) is 14.3. The van der Waals surface area contributed by atoms with Crippen molar-refractivity contribution in [2.45, 2.75) is 12.4 Å². The lowest BCUT2D eigenvalue weighted by molar-refractivity contribution is 0.621. The molecular formula is C13H8Br2ClFN2S. The van der Waals surface area contributed by atoms with Crippen molar-refractivity contribution in [3.8, 4) is 0 Å². The molecule has 0 N–H and O–H groups in total. The predicted molar refractivity (Wildman–Crippen MR) is 88.1 cm³/mol. The van der Waals surface area contributed by atoms with Crippen LogP contribution in [0.25, 0.3) is 11.0 Å². The Bertz CT molecular complexity index is 784. The van der Waals surface area contributed by atoms with Crippen LogP contribution in [-0.4, -0.2) is 9.55 Å². The zero-order valence-electron chi connectivity index (χ0n) is 10.0. The van der Waals surface area contributed by atoms with Crippen molar-refractivity contribution in [2.24, 2.45) is 0 Å². The van der Waals surface area contributed by atoms with E-state index >= 15 is 0 Å². The van der Waals surface area contributed by atoms with Gasteiger partial charge >= 0.3 is 0 Å². The molecule has 0 aliphatic carbocycles. The number of aromatic nitrogens is 2. The number of benzene rings is 1. The first-order valence-corrected chi connectivity index (χ1v) is 8.71. The van der Waals surface area contributed by atoms with Crippen LogP contribution < -0.4 is 0 Å². The lowest BCUT2D eigenvalue weighted by atomic mass is 10.3. The van der Waals surface area contributed by atoms with Gasteiger partial charge in [0.15, 0.2) is 0 Å². The summed E-state index contributed by atoms with van der Waals surface area (Å²) in [6.07, 6.45) is 0. The van der Waals surface area contributed by atoms with E-state index in [1.54, 1.807) is 17.4 Å². The van der Waals surface area contributed by atoms with Gasteiger partial charge in [-0.15, -0.1) is 22.9 Å². The molecule has 0 saturated heterocycles. The molecule has 3 aromatic rings. The fourth-order valence-electron chi connectivity index (χ4n) is 2.04. The normalized spacial score (nSPS) is 11.4. The Labute approximate surface area is 140 Å². The van der Waals surface area contributed by atoms with E-state index in [2.05, 4.69) is 36.8 Å². The van der Waals surface area contributed by atoms with Gasteiger partial charge in [0.2, 0.25) is 0 Å². The molecule has 2 aromatic heterocycles. The van der Waals surface area contributed by atoms with E-state index in [1.165, 1.54) is 6.07 Å². The number of rotatable bonds is 3. The Morgan fingerprint density at radius 1 is 1.30 bits per heavy atom. The molecule has 0 amide bonds. The van der Waals surface area contributed by atoms with E-state index in [0.717, 1.165) is 26.2 Å². The molecule has 0 saturated carbocycles. The second kappa shape index (κ2) is 5.75. The van der Waals surface area contributed by atoms with Gasteiger partial charge in [-0.1, -0.05) is 0 Å². The minimum atomic E-state index is -0.299. The van der Waals surface area contributed by atoms with Gasteiger partial charge in [-0.25, -0.2) is 9.37 Å². The van der Waals surface area contributed by atoms with Crippen molar-refractivity contribution in [3.05, 3.63) is 49.0 Å². The van der Waals surface area contributed by atoms with E-state index in [1.807, 2.05) is 16.0 Å². The minimum Gasteiger partial charge on any atom is -0.322 e. The van der Waals surface area contributed by atoms with Crippen LogP contribution in [0.15, 0.2) is 32.5 Å². The average molecular weight is 439 g/mol. The fraction of sp³-hybridized carbons (Fsp3) is 0.154. The summed E-state index contributed by atoms with van der Waals surface area (Å²) in [5, 5.41) is 2.02. The Morgan fingerprint density at radius 2 is 2.10 bits per heavy atom. The van der Waals surface area contributed by atoms with Crippen LogP contribution in [0.1, 0.15) is 10.7 Å². The van der Waals surface area contributed by atoms with Crippen molar-refractivity contribution in [1.82, 2.24) is 9.55 Å². The number of alkyl halides is 1. The minimum absolute atomic E-state index is 0.292. The first kappa shape index (κ1) is 14.5. The highest BCUT2D eigenvalue weighted by Crippen LogP contribution is 2.27. The van der Waals surface area contributed by atoms with Gasteiger partial charge in [0.25, 0.3) is 0 Å².